The minimum absolute atomic E-state index is 0.119. The highest BCUT2D eigenvalue weighted by molar-refractivity contribution is 5.68. The van der Waals surface area contributed by atoms with Crippen molar-refractivity contribution in [2.45, 2.75) is 12.3 Å². The van der Waals surface area contributed by atoms with Gasteiger partial charge in [-0.1, -0.05) is 6.07 Å². The summed E-state index contributed by atoms with van der Waals surface area (Å²) in [5, 5.41) is 11.5. The molecule has 88 valence electrons. The van der Waals surface area contributed by atoms with Gasteiger partial charge in [0, 0.05) is 12.5 Å². The van der Waals surface area contributed by atoms with E-state index in [-0.39, 0.29) is 12.3 Å². The summed E-state index contributed by atoms with van der Waals surface area (Å²) in [5.41, 5.74) is 0.482. The summed E-state index contributed by atoms with van der Waals surface area (Å²) in [6.07, 6.45) is -0.119. The lowest BCUT2D eigenvalue weighted by atomic mass is 9.95. The van der Waals surface area contributed by atoms with Gasteiger partial charge in [-0.05, 0) is 24.7 Å². The van der Waals surface area contributed by atoms with Gasteiger partial charge in [0.25, 0.3) is 0 Å². The molecule has 0 amide bonds. The van der Waals surface area contributed by atoms with Crippen molar-refractivity contribution in [3.8, 4) is 0 Å². The van der Waals surface area contributed by atoms with Crippen LogP contribution in [0.5, 0.6) is 0 Å². The maximum atomic E-state index is 13.0. The molecule has 1 rings (SSSR count). The number of nitrogens with one attached hydrogen (secondary N) is 1. The molecule has 16 heavy (non-hydrogen) atoms. The zero-order valence-corrected chi connectivity index (χ0v) is 8.84. The zero-order valence-electron chi connectivity index (χ0n) is 8.84. The number of benzene rings is 1. The molecule has 0 aromatic heterocycles. The quantitative estimate of drug-likeness (QED) is 0.808. The first-order valence-corrected chi connectivity index (χ1v) is 4.86. The summed E-state index contributed by atoms with van der Waals surface area (Å²) in [4.78, 5) is 10.6. The van der Waals surface area contributed by atoms with Gasteiger partial charge in [0.2, 0.25) is 0 Å². The van der Waals surface area contributed by atoms with Crippen molar-refractivity contribution < 1.29 is 18.7 Å². The van der Waals surface area contributed by atoms with Gasteiger partial charge in [-0.25, -0.2) is 8.78 Å². The summed E-state index contributed by atoms with van der Waals surface area (Å²) >= 11 is 0. The van der Waals surface area contributed by atoms with Crippen LogP contribution >= 0.6 is 0 Å². The Labute approximate surface area is 92.1 Å². The normalized spacial score (nSPS) is 12.4. The Balaban J connectivity index is 2.91. The fourth-order valence-corrected chi connectivity index (χ4v) is 1.53. The molecule has 0 bridgehead atoms. The molecule has 0 aliphatic heterocycles. The number of likely N-dealkylation sites (N-methyl/N-ethyl adjacent to an activating group) is 1. The highest BCUT2D eigenvalue weighted by atomic mass is 19.2. The molecule has 3 nitrogen and oxygen atoms in total. The molecule has 1 atom stereocenters. The SMILES string of the molecule is CNCC(CC(=O)O)c1ccc(F)c(F)c1. The first kappa shape index (κ1) is 12.6. The van der Waals surface area contributed by atoms with E-state index in [4.69, 9.17) is 5.11 Å². The van der Waals surface area contributed by atoms with Gasteiger partial charge < -0.3 is 10.4 Å². The monoisotopic (exact) mass is 229 g/mol. The fraction of sp³-hybridized carbons (Fsp3) is 0.364. The molecule has 0 saturated carbocycles. The van der Waals surface area contributed by atoms with Crippen molar-refractivity contribution in [3.05, 3.63) is 35.4 Å². The third-order valence-corrected chi connectivity index (χ3v) is 2.29. The highest BCUT2D eigenvalue weighted by Crippen LogP contribution is 2.21. The van der Waals surface area contributed by atoms with Crippen LogP contribution in [0, 0.1) is 11.6 Å². The Morgan fingerprint density at radius 2 is 2.12 bits per heavy atom. The zero-order chi connectivity index (χ0) is 12.1. The van der Waals surface area contributed by atoms with Crippen LogP contribution in [0.2, 0.25) is 0 Å². The van der Waals surface area contributed by atoms with E-state index in [0.717, 1.165) is 12.1 Å². The van der Waals surface area contributed by atoms with Crippen LogP contribution in [0.4, 0.5) is 8.78 Å². The number of rotatable bonds is 5. The van der Waals surface area contributed by atoms with Gasteiger partial charge in [-0.2, -0.15) is 0 Å². The largest absolute Gasteiger partial charge is 0.481 e. The third-order valence-electron chi connectivity index (χ3n) is 2.29. The Hall–Kier alpha value is -1.49. The second kappa shape index (κ2) is 5.55. The number of hydrogen-bond donors (Lipinski definition) is 2. The number of halogens is 2. The van der Waals surface area contributed by atoms with Crippen molar-refractivity contribution in [1.29, 1.82) is 0 Å². The van der Waals surface area contributed by atoms with E-state index in [1.54, 1.807) is 7.05 Å². The van der Waals surface area contributed by atoms with Crippen LogP contribution < -0.4 is 5.32 Å². The van der Waals surface area contributed by atoms with Crippen molar-refractivity contribution in [3.63, 3.8) is 0 Å². The van der Waals surface area contributed by atoms with Gasteiger partial charge in [0.15, 0.2) is 11.6 Å². The third kappa shape index (κ3) is 3.27. The summed E-state index contributed by atoms with van der Waals surface area (Å²) in [6, 6.07) is 3.46. The second-order valence-corrected chi connectivity index (χ2v) is 3.53. The molecule has 0 aliphatic rings. The first-order valence-electron chi connectivity index (χ1n) is 4.86. The van der Waals surface area contributed by atoms with Crippen LogP contribution in [-0.4, -0.2) is 24.7 Å². The van der Waals surface area contributed by atoms with E-state index in [9.17, 15) is 13.6 Å². The lowest BCUT2D eigenvalue weighted by molar-refractivity contribution is -0.137. The Kier molecular flexibility index (Phi) is 4.37. The molecule has 0 heterocycles. The van der Waals surface area contributed by atoms with E-state index < -0.39 is 17.6 Å². The number of carboxylic acids is 1. The molecular formula is C11H13F2NO2. The summed E-state index contributed by atoms with van der Waals surface area (Å²) < 4.78 is 25.7. The molecule has 1 unspecified atom stereocenters. The number of hydrogen-bond acceptors (Lipinski definition) is 2. The van der Waals surface area contributed by atoms with Gasteiger partial charge in [-0.15, -0.1) is 0 Å². The maximum absolute atomic E-state index is 13.0. The molecule has 0 aliphatic carbocycles. The Morgan fingerprint density at radius 3 is 2.62 bits per heavy atom. The van der Waals surface area contributed by atoms with Crippen molar-refractivity contribution in [1.82, 2.24) is 5.32 Å². The van der Waals surface area contributed by atoms with E-state index in [0.29, 0.717) is 12.1 Å². The minimum Gasteiger partial charge on any atom is -0.481 e. The molecule has 2 N–H and O–H groups in total. The van der Waals surface area contributed by atoms with Crippen molar-refractivity contribution in [2.24, 2.45) is 0 Å². The lowest BCUT2D eigenvalue weighted by Crippen LogP contribution is -2.20. The van der Waals surface area contributed by atoms with E-state index in [2.05, 4.69) is 5.32 Å². The smallest absolute Gasteiger partial charge is 0.304 e. The average Bonchev–Trinajstić information content (AvgIpc) is 2.21. The molecule has 0 radical (unpaired) electrons. The van der Waals surface area contributed by atoms with Gasteiger partial charge in [0.05, 0.1) is 6.42 Å². The number of carboxylic acid groups (broad SMARTS) is 1. The molecule has 0 saturated heterocycles. The molecule has 0 spiro atoms. The molecule has 1 aromatic rings. The molecule has 0 fully saturated rings. The lowest BCUT2D eigenvalue weighted by Gasteiger charge is -2.14. The van der Waals surface area contributed by atoms with Crippen LogP contribution in [0.25, 0.3) is 0 Å². The Morgan fingerprint density at radius 1 is 1.44 bits per heavy atom. The highest BCUT2D eigenvalue weighted by Gasteiger charge is 2.16. The van der Waals surface area contributed by atoms with E-state index >= 15 is 0 Å². The summed E-state index contributed by atoms with van der Waals surface area (Å²) in [6.45, 7) is 0.400. The molecule has 5 heteroatoms. The van der Waals surface area contributed by atoms with Crippen LogP contribution in [0.1, 0.15) is 17.9 Å². The molecule has 1 aromatic carbocycles. The fourth-order valence-electron chi connectivity index (χ4n) is 1.53. The molecular weight excluding hydrogens is 216 g/mol. The first-order chi connectivity index (χ1) is 7.54. The van der Waals surface area contributed by atoms with Crippen LogP contribution in [-0.2, 0) is 4.79 Å². The van der Waals surface area contributed by atoms with Crippen LogP contribution in [0.3, 0.4) is 0 Å². The second-order valence-electron chi connectivity index (χ2n) is 3.53. The topological polar surface area (TPSA) is 49.3 Å². The van der Waals surface area contributed by atoms with Gasteiger partial charge >= 0.3 is 5.97 Å². The van der Waals surface area contributed by atoms with Gasteiger partial charge in [0.1, 0.15) is 0 Å². The summed E-state index contributed by atoms with van der Waals surface area (Å²) in [5.74, 6) is -3.21. The standard InChI is InChI=1S/C11H13F2NO2/c1-14-6-8(5-11(15)16)7-2-3-9(12)10(13)4-7/h2-4,8,14H,5-6H2,1H3,(H,15,16). The van der Waals surface area contributed by atoms with Crippen molar-refractivity contribution >= 4 is 5.97 Å². The Bertz CT molecular complexity index is 382. The van der Waals surface area contributed by atoms with Crippen LogP contribution in [0.15, 0.2) is 18.2 Å². The predicted octanol–water partition coefficient (Wildman–Crippen LogP) is 1.74. The van der Waals surface area contributed by atoms with E-state index in [1.807, 2.05) is 0 Å². The number of aliphatic carboxylic acids is 1. The van der Waals surface area contributed by atoms with Gasteiger partial charge in [-0.3, -0.25) is 4.79 Å². The summed E-state index contributed by atoms with van der Waals surface area (Å²) in [7, 11) is 1.68. The number of carbonyl (C=O) groups is 1. The van der Waals surface area contributed by atoms with Crippen molar-refractivity contribution in [2.75, 3.05) is 13.6 Å². The minimum atomic E-state index is -0.968. The predicted molar refractivity (Wildman–Crippen MR) is 55.3 cm³/mol. The maximum Gasteiger partial charge on any atom is 0.304 e. The van der Waals surface area contributed by atoms with E-state index in [1.165, 1.54) is 6.07 Å². The average molecular weight is 229 g/mol.